The van der Waals surface area contributed by atoms with E-state index in [1.54, 1.807) is 0 Å². The van der Waals surface area contributed by atoms with Crippen LogP contribution in [0.3, 0.4) is 0 Å². The Morgan fingerprint density at radius 1 is 0.667 bits per heavy atom. The van der Waals surface area contributed by atoms with Gasteiger partial charge in [-0.05, 0) is 25.2 Å². The standard InChI is InChI=1S/C22H44O2/c1-4-7-10-11-14-19-22(23)24-20-15-18-21(16-12-8-5-2)17-13-9-6-3/h21H,4-20H2,1-3H3. The molecule has 0 atom stereocenters. The van der Waals surface area contributed by atoms with Gasteiger partial charge in [0.15, 0.2) is 0 Å². The van der Waals surface area contributed by atoms with E-state index in [-0.39, 0.29) is 5.97 Å². The first-order chi connectivity index (χ1) is 11.7. The molecule has 0 unspecified atom stereocenters. The average molecular weight is 341 g/mol. The van der Waals surface area contributed by atoms with Gasteiger partial charge in [0, 0.05) is 6.42 Å². The van der Waals surface area contributed by atoms with Crippen molar-refractivity contribution in [1.82, 2.24) is 0 Å². The van der Waals surface area contributed by atoms with Gasteiger partial charge >= 0.3 is 5.97 Å². The predicted molar refractivity (Wildman–Crippen MR) is 105 cm³/mol. The third-order valence-electron chi connectivity index (χ3n) is 4.94. The van der Waals surface area contributed by atoms with Crippen LogP contribution in [-0.4, -0.2) is 12.6 Å². The van der Waals surface area contributed by atoms with Crippen LogP contribution in [0.4, 0.5) is 0 Å². The third-order valence-corrected chi connectivity index (χ3v) is 4.94. The zero-order chi connectivity index (χ0) is 17.9. The number of carbonyl (C=O) groups excluding carboxylic acids is 1. The summed E-state index contributed by atoms with van der Waals surface area (Å²) in [6, 6.07) is 0. The van der Waals surface area contributed by atoms with Crippen molar-refractivity contribution in [2.24, 2.45) is 5.92 Å². The summed E-state index contributed by atoms with van der Waals surface area (Å²) in [5.41, 5.74) is 0. The molecule has 0 aromatic rings. The van der Waals surface area contributed by atoms with Crippen LogP contribution < -0.4 is 0 Å². The smallest absolute Gasteiger partial charge is 0.305 e. The molecule has 2 heteroatoms. The van der Waals surface area contributed by atoms with Crippen LogP contribution in [0.25, 0.3) is 0 Å². The second-order valence-corrected chi connectivity index (χ2v) is 7.38. The maximum atomic E-state index is 11.7. The highest BCUT2D eigenvalue weighted by Gasteiger charge is 2.09. The molecule has 0 fully saturated rings. The van der Waals surface area contributed by atoms with Gasteiger partial charge in [-0.2, -0.15) is 0 Å². The van der Waals surface area contributed by atoms with E-state index in [1.807, 2.05) is 0 Å². The van der Waals surface area contributed by atoms with Crippen molar-refractivity contribution in [1.29, 1.82) is 0 Å². The van der Waals surface area contributed by atoms with Gasteiger partial charge in [-0.25, -0.2) is 0 Å². The Morgan fingerprint density at radius 3 is 1.75 bits per heavy atom. The second-order valence-electron chi connectivity index (χ2n) is 7.38. The first kappa shape index (κ1) is 23.5. The third kappa shape index (κ3) is 16.3. The maximum Gasteiger partial charge on any atom is 0.305 e. The molecule has 24 heavy (non-hydrogen) atoms. The van der Waals surface area contributed by atoms with Crippen LogP contribution >= 0.6 is 0 Å². The van der Waals surface area contributed by atoms with Gasteiger partial charge in [0.25, 0.3) is 0 Å². The molecular formula is C22H44O2. The molecule has 0 aromatic heterocycles. The molecular weight excluding hydrogens is 296 g/mol. The van der Waals surface area contributed by atoms with E-state index in [0.717, 1.165) is 18.8 Å². The van der Waals surface area contributed by atoms with Gasteiger partial charge in [0.1, 0.15) is 0 Å². The average Bonchev–Trinajstić information content (AvgIpc) is 2.58. The van der Waals surface area contributed by atoms with Crippen molar-refractivity contribution in [3.8, 4) is 0 Å². The van der Waals surface area contributed by atoms with E-state index in [4.69, 9.17) is 4.74 Å². The molecule has 0 aliphatic carbocycles. The Labute approximate surface area is 152 Å². The lowest BCUT2D eigenvalue weighted by molar-refractivity contribution is -0.144. The number of hydrogen-bond acceptors (Lipinski definition) is 2. The van der Waals surface area contributed by atoms with Crippen LogP contribution in [-0.2, 0) is 9.53 Å². The fraction of sp³-hybridized carbons (Fsp3) is 0.955. The quantitative estimate of drug-likeness (QED) is 0.191. The molecule has 0 amide bonds. The Kier molecular flexibility index (Phi) is 18.4. The summed E-state index contributed by atoms with van der Waals surface area (Å²) >= 11 is 0. The minimum Gasteiger partial charge on any atom is -0.466 e. The minimum absolute atomic E-state index is 0.0139. The number of hydrogen-bond donors (Lipinski definition) is 0. The fourth-order valence-corrected chi connectivity index (χ4v) is 3.30. The monoisotopic (exact) mass is 340 g/mol. The molecule has 0 heterocycles. The first-order valence-electron chi connectivity index (χ1n) is 10.9. The summed E-state index contributed by atoms with van der Waals surface area (Å²) in [5.74, 6) is 0.857. The van der Waals surface area contributed by atoms with Gasteiger partial charge in [0.2, 0.25) is 0 Å². The molecule has 0 aliphatic heterocycles. The van der Waals surface area contributed by atoms with Crippen molar-refractivity contribution in [2.75, 3.05) is 6.61 Å². The van der Waals surface area contributed by atoms with E-state index in [0.29, 0.717) is 13.0 Å². The SMILES string of the molecule is CCCCCCCC(=O)OCCCC(CCCCC)CCCCC. The summed E-state index contributed by atoms with van der Waals surface area (Å²) in [6.07, 6.45) is 19.6. The number of rotatable bonds is 18. The van der Waals surface area contributed by atoms with Crippen molar-refractivity contribution in [3.05, 3.63) is 0 Å². The maximum absolute atomic E-state index is 11.7. The Bertz CT molecular complexity index is 253. The van der Waals surface area contributed by atoms with Crippen LogP contribution in [0.1, 0.15) is 124 Å². The lowest BCUT2D eigenvalue weighted by atomic mass is 9.91. The minimum atomic E-state index is 0.0139. The summed E-state index contributed by atoms with van der Waals surface area (Å²) < 4.78 is 5.41. The predicted octanol–water partition coefficient (Wildman–Crippen LogP) is 7.45. The molecule has 0 aromatic carbocycles. The van der Waals surface area contributed by atoms with Gasteiger partial charge in [0.05, 0.1) is 6.61 Å². The van der Waals surface area contributed by atoms with Crippen molar-refractivity contribution in [2.45, 2.75) is 124 Å². The molecule has 2 nitrogen and oxygen atoms in total. The molecule has 0 rings (SSSR count). The Hall–Kier alpha value is -0.530. The molecule has 0 N–H and O–H groups in total. The molecule has 0 saturated carbocycles. The van der Waals surface area contributed by atoms with E-state index in [2.05, 4.69) is 20.8 Å². The van der Waals surface area contributed by atoms with Crippen LogP contribution in [0.5, 0.6) is 0 Å². The Morgan fingerprint density at radius 2 is 1.17 bits per heavy atom. The van der Waals surface area contributed by atoms with Crippen LogP contribution in [0, 0.1) is 5.92 Å². The van der Waals surface area contributed by atoms with Gasteiger partial charge in [-0.1, -0.05) is 97.8 Å². The highest BCUT2D eigenvalue weighted by molar-refractivity contribution is 5.69. The first-order valence-corrected chi connectivity index (χ1v) is 10.9. The summed E-state index contributed by atoms with van der Waals surface area (Å²) in [4.78, 5) is 11.7. The lowest BCUT2D eigenvalue weighted by Gasteiger charge is -2.16. The van der Waals surface area contributed by atoms with E-state index < -0.39 is 0 Å². The zero-order valence-electron chi connectivity index (χ0n) is 16.9. The molecule has 0 radical (unpaired) electrons. The normalized spacial score (nSPS) is 11.2. The van der Waals surface area contributed by atoms with Crippen molar-refractivity contribution in [3.63, 3.8) is 0 Å². The summed E-state index contributed by atoms with van der Waals surface area (Å²) in [5, 5.41) is 0. The van der Waals surface area contributed by atoms with E-state index in [9.17, 15) is 4.79 Å². The molecule has 0 saturated heterocycles. The molecule has 0 spiro atoms. The van der Waals surface area contributed by atoms with E-state index in [1.165, 1.54) is 83.5 Å². The van der Waals surface area contributed by atoms with Gasteiger partial charge in [-0.15, -0.1) is 0 Å². The fourth-order valence-electron chi connectivity index (χ4n) is 3.30. The zero-order valence-corrected chi connectivity index (χ0v) is 16.9. The topological polar surface area (TPSA) is 26.3 Å². The van der Waals surface area contributed by atoms with Crippen molar-refractivity contribution >= 4 is 5.97 Å². The second kappa shape index (κ2) is 18.8. The van der Waals surface area contributed by atoms with E-state index >= 15 is 0 Å². The molecule has 0 aliphatic rings. The van der Waals surface area contributed by atoms with Gasteiger partial charge in [-0.3, -0.25) is 4.79 Å². The Balaban J connectivity index is 3.69. The molecule has 144 valence electrons. The number of ether oxygens (including phenoxy) is 1. The van der Waals surface area contributed by atoms with Crippen LogP contribution in [0.2, 0.25) is 0 Å². The highest BCUT2D eigenvalue weighted by atomic mass is 16.5. The van der Waals surface area contributed by atoms with Crippen LogP contribution in [0.15, 0.2) is 0 Å². The highest BCUT2D eigenvalue weighted by Crippen LogP contribution is 2.22. The number of unbranched alkanes of at least 4 members (excludes halogenated alkanes) is 8. The summed E-state index contributed by atoms with van der Waals surface area (Å²) in [6.45, 7) is 7.39. The van der Waals surface area contributed by atoms with Gasteiger partial charge < -0.3 is 4.74 Å². The molecule has 0 bridgehead atoms. The number of esters is 1. The summed E-state index contributed by atoms with van der Waals surface area (Å²) in [7, 11) is 0. The number of carbonyl (C=O) groups is 1. The lowest BCUT2D eigenvalue weighted by Crippen LogP contribution is -2.08. The largest absolute Gasteiger partial charge is 0.466 e. The van der Waals surface area contributed by atoms with Crippen molar-refractivity contribution < 1.29 is 9.53 Å².